The average Bonchev–Trinajstić information content (AvgIpc) is 3.39. The molecule has 1 saturated carbocycles. The Morgan fingerprint density at radius 3 is 2.88 bits per heavy atom. The molecule has 0 unspecified atom stereocenters. The van der Waals surface area contributed by atoms with Gasteiger partial charge in [0.1, 0.15) is 6.10 Å². The normalized spacial score (nSPS) is 30.0. The third kappa shape index (κ3) is 7.46. The van der Waals surface area contributed by atoms with Gasteiger partial charge in [0.2, 0.25) is 0 Å². The van der Waals surface area contributed by atoms with Crippen LogP contribution < -0.4 is 0 Å². The minimum atomic E-state index is -0.587. The van der Waals surface area contributed by atoms with Gasteiger partial charge in [0.25, 0.3) is 0 Å². The smallest absolute Gasteiger partial charge is 0.306 e. The summed E-state index contributed by atoms with van der Waals surface area (Å²) in [5.41, 5.74) is 0. The molecule has 4 heteroatoms. The summed E-state index contributed by atoms with van der Waals surface area (Å²) in [6.07, 6.45) is 18.4. The lowest BCUT2D eigenvalue weighted by atomic mass is 10.0. The Hall–Kier alpha value is -1.39. The first kappa shape index (κ1) is 20.9. The van der Waals surface area contributed by atoms with Crippen molar-refractivity contribution in [3.8, 4) is 0 Å². The van der Waals surface area contributed by atoms with Crippen LogP contribution in [-0.2, 0) is 9.53 Å². The summed E-state index contributed by atoms with van der Waals surface area (Å²) in [4.78, 5) is 11.7. The number of ether oxygens (including phenoxy) is 1. The molecule has 0 radical (unpaired) electrons. The first-order chi connectivity index (χ1) is 12.6. The van der Waals surface area contributed by atoms with Crippen molar-refractivity contribution in [2.75, 3.05) is 0 Å². The van der Waals surface area contributed by atoms with Crippen LogP contribution in [0.15, 0.2) is 36.5 Å². The zero-order valence-corrected chi connectivity index (χ0v) is 15.9. The lowest BCUT2D eigenvalue weighted by Crippen LogP contribution is -2.23. The van der Waals surface area contributed by atoms with Gasteiger partial charge in [0.15, 0.2) is 0 Å². The Labute approximate surface area is 157 Å². The molecule has 0 amide bonds. The van der Waals surface area contributed by atoms with Crippen molar-refractivity contribution in [1.29, 1.82) is 0 Å². The van der Waals surface area contributed by atoms with Crippen LogP contribution in [-0.4, -0.2) is 34.5 Å². The van der Waals surface area contributed by atoms with E-state index < -0.39 is 12.2 Å². The molecule has 1 fully saturated rings. The highest BCUT2D eigenvalue weighted by Gasteiger charge is 2.47. The van der Waals surface area contributed by atoms with E-state index in [1.807, 2.05) is 12.2 Å². The van der Waals surface area contributed by atoms with Gasteiger partial charge in [-0.05, 0) is 38.0 Å². The molecule has 1 aliphatic heterocycles. The molecular weight excluding hydrogens is 328 g/mol. The molecule has 2 rings (SSSR count). The van der Waals surface area contributed by atoms with E-state index in [1.165, 1.54) is 19.3 Å². The molecule has 1 aliphatic carbocycles. The summed E-state index contributed by atoms with van der Waals surface area (Å²) < 4.78 is 5.53. The molecular formula is C22H34O4. The van der Waals surface area contributed by atoms with E-state index in [0.717, 1.165) is 25.7 Å². The van der Waals surface area contributed by atoms with Gasteiger partial charge in [-0.25, -0.2) is 0 Å². The fourth-order valence-electron chi connectivity index (χ4n) is 3.47. The Morgan fingerprint density at radius 1 is 1.23 bits per heavy atom. The van der Waals surface area contributed by atoms with Crippen LogP contribution in [0.25, 0.3) is 0 Å². The van der Waals surface area contributed by atoms with Gasteiger partial charge in [-0.1, -0.05) is 56.2 Å². The highest BCUT2D eigenvalue weighted by molar-refractivity contribution is 5.70. The standard InChI is InChI=1S/C22H34O4/c1-2-3-4-5-6-8-11-17(23)14-15-20(24)18-16-19(18)21-12-9-7-10-13-22(25)26-21/h6-9,14-15,17-21,23-24H,2-5,10-13,16H2,1H3/b8-6-,9-7-,15-14+/t17-,18+,19+,20-,21+/m0/s1. The van der Waals surface area contributed by atoms with Gasteiger partial charge in [-0.15, -0.1) is 0 Å². The van der Waals surface area contributed by atoms with E-state index in [0.29, 0.717) is 12.8 Å². The number of esters is 1. The highest BCUT2D eigenvalue weighted by atomic mass is 16.5. The van der Waals surface area contributed by atoms with Crippen molar-refractivity contribution in [2.45, 2.75) is 83.0 Å². The molecule has 1 heterocycles. The lowest BCUT2D eigenvalue weighted by Gasteiger charge is -2.19. The van der Waals surface area contributed by atoms with Gasteiger partial charge < -0.3 is 14.9 Å². The van der Waals surface area contributed by atoms with E-state index in [-0.39, 0.29) is 23.9 Å². The van der Waals surface area contributed by atoms with Crippen LogP contribution in [0.2, 0.25) is 0 Å². The van der Waals surface area contributed by atoms with Gasteiger partial charge in [-0.2, -0.15) is 0 Å². The van der Waals surface area contributed by atoms with E-state index in [2.05, 4.69) is 19.1 Å². The SMILES string of the molecule is CCCCC/C=C\C[C@H](O)/C=C/[C@H](O)[C@@H]1C[C@H]1[C@H]1C/C=C\CCC(=O)O1. The lowest BCUT2D eigenvalue weighted by molar-refractivity contribution is -0.150. The summed E-state index contributed by atoms with van der Waals surface area (Å²) in [6, 6.07) is 0. The summed E-state index contributed by atoms with van der Waals surface area (Å²) >= 11 is 0. The van der Waals surface area contributed by atoms with Crippen molar-refractivity contribution in [3.05, 3.63) is 36.5 Å². The van der Waals surface area contributed by atoms with Gasteiger partial charge >= 0.3 is 5.97 Å². The van der Waals surface area contributed by atoms with E-state index in [1.54, 1.807) is 12.2 Å². The molecule has 2 N–H and O–H groups in total. The quantitative estimate of drug-likeness (QED) is 0.349. The first-order valence-electron chi connectivity index (χ1n) is 10.2. The minimum absolute atomic E-state index is 0.119. The maximum Gasteiger partial charge on any atom is 0.306 e. The number of cyclic esters (lactones) is 1. The minimum Gasteiger partial charge on any atom is -0.462 e. The number of aliphatic hydroxyl groups excluding tert-OH is 2. The Bertz CT molecular complexity index is 508. The number of carbonyl (C=O) groups is 1. The number of unbranched alkanes of at least 4 members (excludes halogenated alkanes) is 3. The van der Waals surface area contributed by atoms with Crippen LogP contribution in [0.5, 0.6) is 0 Å². The topological polar surface area (TPSA) is 66.8 Å². The Morgan fingerprint density at radius 2 is 2.08 bits per heavy atom. The van der Waals surface area contributed by atoms with E-state index >= 15 is 0 Å². The molecule has 0 aromatic carbocycles. The monoisotopic (exact) mass is 362 g/mol. The molecule has 2 aliphatic rings. The van der Waals surface area contributed by atoms with Gasteiger partial charge in [-0.3, -0.25) is 4.79 Å². The molecule has 4 nitrogen and oxygen atoms in total. The number of hydrogen-bond donors (Lipinski definition) is 2. The van der Waals surface area contributed by atoms with Crippen molar-refractivity contribution in [3.63, 3.8) is 0 Å². The zero-order chi connectivity index (χ0) is 18.8. The second-order valence-corrected chi connectivity index (χ2v) is 7.48. The fraction of sp³-hybridized carbons (Fsp3) is 0.682. The molecule has 0 aromatic rings. The highest BCUT2D eigenvalue weighted by Crippen LogP contribution is 2.46. The summed E-state index contributed by atoms with van der Waals surface area (Å²) in [7, 11) is 0. The number of carbonyl (C=O) groups excluding carboxylic acids is 1. The second-order valence-electron chi connectivity index (χ2n) is 7.48. The van der Waals surface area contributed by atoms with Crippen LogP contribution in [0.4, 0.5) is 0 Å². The van der Waals surface area contributed by atoms with Crippen molar-refractivity contribution in [2.24, 2.45) is 11.8 Å². The summed E-state index contributed by atoms with van der Waals surface area (Å²) in [5, 5.41) is 20.3. The van der Waals surface area contributed by atoms with Crippen molar-refractivity contribution < 1.29 is 19.7 Å². The van der Waals surface area contributed by atoms with E-state index in [4.69, 9.17) is 4.74 Å². The Balaban J connectivity index is 1.70. The molecule has 0 aromatic heterocycles. The van der Waals surface area contributed by atoms with Crippen LogP contribution in [0.3, 0.4) is 0 Å². The van der Waals surface area contributed by atoms with Crippen LogP contribution >= 0.6 is 0 Å². The number of aliphatic hydroxyl groups is 2. The predicted octanol–water partition coefficient (Wildman–Crippen LogP) is 4.08. The zero-order valence-electron chi connectivity index (χ0n) is 15.9. The van der Waals surface area contributed by atoms with Crippen molar-refractivity contribution in [1.82, 2.24) is 0 Å². The van der Waals surface area contributed by atoms with E-state index in [9.17, 15) is 15.0 Å². The number of rotatable bonds is 10. The molecule has 5 atom stereocenters. The van der Waals surface area contributed by atoms with Crippen molar-refractivity contribution >= 4 is 5.97 Å². The first-order valence-corrected chi connectivity index (χ1v) is 10.2. The number of allylic oxidation sites excluding steroid dienone is 2. The van der Waals surface area contributed by atoms with Crippen LogP contribution in [0.1, 0.15) is 64.7 Å². The second kappa shape index (κ2) is 11.3. The van der Waals surface area contributed by atoms with Gasteiger partial charge in [0, 0.05) is 18.8 Å². The molecule has 0 bridgehead atoms. The largest absolute Gasteiger partial charge is 0.462 e. The third-order valence-electron chi connectivity index (χ3n) is 5.19. The number of hydrogen-bond acceptors (Lipinski definition) is 4. The maximum absolute atomic E-state index is 11.7. The molecule has 26 heavy (non-hydrogen) atoms. The van der Waals surface area contributed by atoms with Crippen LogP contribution in [0, 0.1) is 11.8 Å². The molecule has 0 saturated heterocycles. The fourth-order valence-corrected chi connectivity index (χ4v) is 3.47. The predicted molar refractivity (Wildman–Crippen MR) is 104 cm³/mol. The van der Waals surface area contributed by atoms with Gasteiger partial charge in [0.05, 0.1) is 12.2 Å². The summed E-state index contributed by atoms with van der Waals surface area (Å²) in [5.74, 6) is 0.196. The molecule has 146 valence electrons. The average molecular weight is 363 g/mol. The molecule has 0 spiro atoms. The third-order valence-corrected chi connectivity index (χ3v) is 5.19. The summed E-state index contributed by atoms with van der Waals surface area (Å²) in [6.45, 7) is 2.19. The maximum atomic E-state index is 11.7. The Kier molecular flexibility index (Phi) is 9.13.